The first kappa shape index (κ1) is 30.7. The summed E-state index contributed by atoms with van der Waals surface area (Å²) in [4.78, 5) is 25.8. The van der Waals surface area contributed by atoms with Crippen LogP contribution in [0.5, 0.6) is 0 Å². The fourth-order valence-corrected chi connectivity index (χ4v) is 4.59. The van der Waals surface area contributed by atoms with Crippen LogP contribution in [-0.2, 0) is 27.4 Å². The van der Waals surface area contributed by atoms with Crippen molar-refractivity contribution in [2.24, 2.45) is 0 Å². The highest BCUT2D eigenvalue weighted by atomic mass is 16.6. The van der Waals surface area contributed by atoms with E-state index in [9.17, 15) is 4.79 Å². The highest BCUT2D eigenvalue weighted by molar-refractivity contribution is 5.69. The van der Waals surface area contributed by atoms with Gasteiger partial charge in [-0.15, -0.1) is 13.2 Å². The SMILES string of the molecule is C=CCOCc1cccc(-c2ccnc(Nc3ccc(N4CCN(C(=O)OC(C)(C)C)CC4)c(COCC=C)c3)n2)c1. The van der Waals surface area contributed by atoms with E-state index in [1.165, 1.54) is 0 Å². The first-order chi connectivity index (χ1) is 20.3. The molecule has 1 aliphatic rings. The van der Waals surface area contributed by atoms with Gasteiger partial charge in [0.2, 0.25) is 5.95 Å². The summed E-state index contributed by atoms with van der Waals surface area (Å²) < 4.78 is 17.0. The molecule has 222 valence electrons. The highest BCUT2D eigenvalue weighted by Gasteiger charge is 2.26. The second kappa shape index (κ2) is 14.6. The summed E-state index contributed by atoms with van der Waals surface area (Å²) in [5.74, 6) is 0.498. The van der Waals surface area contributed by atoms with Crippen molar-refractivity contribution in [1.29, 1.82) is 0 Å². The maximum Gasteiger partial charge on any atom is 0.410 e. The van der Waals surface area contributed by atoms with Gasteiger partial charge < -0.3 is 29.3 Å². The molecule has 0 unspecified atom stereocenters. The Hall–Kier alpha value is -4.21. The number of carbonyl (C=O) groups is 1. The lowest BCUT2D eigenvalue weighted by atomic mass is 10.1. The minimum absolute atomic E-state index is 0.272. The zero-order chi connectivity index (χ0) is 30.0. The molecule has 1 amide bonds. The third-order valence-electron chi connectivity index (χ3n) is 6.48. The van der Waals surface area contributed by atoms with Crippen molar-refractivity contribution < 1.29 is 19.0 Å². The summed E-state index contributed by atoms with van der Waals surface area (Å²) in [7, 11) is 0. The molecule has 1 aliphatic heterocycles. The van der Waals surface area contributed by atoms with Crippen molar-refractivity contribution in [1.82, 2.24) is 14.9 Å². The second-order valence-electron chi connectivity index (χ2n) is 11.0. The molecule has 0 saturated carbocycles. The van der Waals surface area contributed by atoms with Crippen LogP contribution in [0.1, 0.15) is 31.9 Å². The van der Waals surface area contributed by atoms with Gasteiger partial charge in [0.25, 0.3) is 0 Å². The van der Waals surface area contributed by atoms with Gasteiger partial charge in [-0.2, -0.15) is 0 Å². The number of carbonyl (C=O) groups excluding carboxylic acids is 1. The number of hydrogen-bond acceptors (Lipinski definition) is 8. The number of anilines is 3. The van der Waals surface area contributed by atoms with Gasteiger partial charge in [0, 0.05) is 54.9 Å². The van der Waals surface area contributed by atoms with Gasteiger partial charge in [-0.05, 0) is 56.7 Å². The number of nitrogens with zero attached hydrogens (tertiary/aromatic N) is 4. The molecule has 1 saturated heterocycles. The third-order valence-corrected chi connectivity index (χ3v) is 6.48. The molecular formula is C33H41N5O4. The zero-order valence-corrected chi connectivity index (χ0v) is 24.8. The predicted molar refractivity (Wildman–Crippen MR) is 167 cm³/mol. The van der Waals surface area contributed by atoms with Crippen molar-refractivity contribution >= 4 is 23.4 Å². The molecule has 0 atom stereocenters. The Morgan fingerprint density at radius 3 is 2.43 bits per heavy atom. The summed E-state index contributed by atoms with van der Waals surface area (Å²) >= 11 is 0. The van der Waals surface area contributed by atoms with Crippen LogP contribution >= 0.6 is 0 Å². The van der Waals surface area contributed by atoms with Crippen molar-refractivity contribution in [2.45, 2.75) is 39.6 Å². The minimum atomic E-state index is -0.514. The van der Waals surface area contributed by atoms with Gasteiger partial charge in [-0.1, -0.05) is 30.4 Å². The van der Waals surface area contributed by atoms with E-state index >= 15 is 0 Å². The van der Waals surface area contributed by atoms with E-state index in [0.29, 0.717) is 58.6 Å². The number of benzene rings is 2. The van der Waals surface area contributed by atoms with Crippen LogP contribution in [0.15, 0.2) is 80.0 Å². The number of ether oxygens (including phenoxy) is 3. The van der Waals surface area contributed by atoms with Gasteiger partial charge in [-0.25, -0.2) is 14.8 Å². The van der Waals surface area contributed by atoms with Gasteiger partial charge in [0.15, 0.2) is 0 Å². The van der Waals surface area contributed by atoms with E-state index in [0.717, 1.165) is 33.8 Å². The number of nitrogens with one attached hydrogen (secondary N) is 1. The van der Waals surface area contributed by atoms with Crippen molar-refractivity contribution in [3.8, 4) is 11.3 Å². The largest absolute Gasteiger partial charge is 0.444 e. The summed E-state index contributed by atoms with van der Waals surface area (Å²) in [5.41, 5.74) is 5.29. The summed E-state index contributed by atoms with van der Waals surface area (Å²) in [5, 5.41) is 3.35. The van der Waals surface area contributed by atoms with Crippen molar-refractivity contribution in [3.63, 3.8) is 0 Å². The van der Waals surface area contributed by atoms with E-state index in [-0.39, 0.29) is 6.09 Å². The average molecular weight is 572 g/mol. The molecule has 9 heteroatoms. The van der Waals surface area contributed by atoms with Gasteiger partial charge in [0.05, 0.1) is 32.1 Å². The Labute approximate surface area is 248 Å². The Morgan fingerprint density at radius 1 is 0.976 bits per heavy atom. The first-order valence-electron chi connectivity index (χ1n) is 14.2. The summed E-state index contributed by atoms with van der Waals surface area (Å²) in [6.07, 6.45) is 4.95. The van der Waals surface area contributed by atoms with E-state index in [4.69, 9.17) is 19.2 Å². The molecule has 4 rings (SSSR count). The molecule has 2 aromatic carbocycles. The first-order valence-corrected chi connectivity index (χ1v) is 14.2. The van der Waals surface area contributed by atoms with Crippen LogP contribution in [0.2, 0.25) is 0 Å². The molecule has 2 heterocycles. The highest BCUT2D eigenvalue weighted by Crippen LogP contribution is 2.28. The van der Waals surface area contributed by atoms with Crippen LogP contribution < -0.4 is 10.2 Å². The average Bonchev–Trinajstić information content (AvgIpc) is 2.97. The van der Waals surface area contributed by atoms with Crippen LogP contribution in [0.25, 0.3) is 11.3 Å². The molecule has 1 N–H and O–H groups in total. The fraction of sp³-hybridized carbons (Fsp3) is 0.364. The number of hydrogen-bond donors (Lipinski definition) is 1. The maximum absolute atomic E-state index is 12.5. The minimum Gasteiger partial charge on any atom is -0.444 e. The Balaban J connectivity index is 1.47. The van der Waals surface area contributed by atoms with E-state index < -0.39 is 5.60 Å². The number of aromatic nitrogens is 2. The molecule has 0 spiro atoms. The molecule has 3 aromatic rings. The van der Waals surface area contributed by atoms with E-state index in [1.807, 2.05) is 51.1 Å². The van der Waals surface area contributed by atoms with Crippen molar-refractivity contribution in [3.05, 3.63) is 91.2 Å². The molecule has 0 aliphatic carbocycles. The van der Waals surface area contributed by atoms with Gasteiger partial charge in [0.1, 0.15) is 5.60 Å². The Bertz CT molecular complexity index is 1360. The van der Waals surface area contributed by atoms with Crippen molar-refractivity contribution in [2.75, 3.05) is 49.6 Å². The lowest BCUT2D eigenvalue weighted by Crippen LogP contribution is -2.50. The molecule has 0 bridgehead atoms. The standard InChI is InChI=1S/C33H41N5O4/c1-6-19-40-23-25-9-8-10-26(21-25)29-13-14-34-31(36-29)35-28-11-12-30(27(22-28)24-41-20-7-2)37-15-17-38(18-16-37)32(39)42-33(3,4)5/h6-14,21-22H,1-2,15-20,23-24H2,3-5H3,(H,34,35,36). The molecule has 0 radical (unpaired) electrons. The lowest BCUT2D eigenvalue weighted by Gasteiger charge is -2.37. The molecule has 9 nitrogen and oxygen atoms in total. The number of amides is 1. The summed E-state index contributed by atoms with van der Waals surface area (Å²) in [6.45, 7) is 17.6. The van der Waals surface area contributed by atoms with E-state index in [1.54, 1.807) is 23.2 Å². The normalized spacial score (nSPS) is 13.5. The van der Waals surface area contributed by atoms with Crippen LogP contribution in [-0.4, -0.2) is 66.0 Å². The van der Waals surface area contributed by atoms with Gasteiger partial charge in [-0.3, -0.25) is 0 Å². The van der Waals surface area contributed by atoms with E-state index in [2.05, 4.69) is 46.6 Å². The van der Waals surface area contributed by atoms with Crippen LogP contribution in [0, 0.1) is 0 Å². The fourth-order valence-electron chi connectivity index (χ4n) is 4.59. The molecule has 1 fully saturated rings. The lowest BCUT2D eigenvalue weighted by molar-refractivity contribution is 0.0240. The maximum atomic E-state index is 12.5. The molecule has 42 heavy (non-hydrogen) atoms. The smallest absolute Gasteiger partial charge is 0.410 e. The summed E-state index contributed by atoms with van der Waals surface area (Å²) in [6, 6.07) is 16.2. The number of rotatable bonds is 12. The molecular weight excluding hydrogens is 530 g/mol. The predicted octanol–water partition coefficient (Wildman–Crippen LogP) is 6.35. The van der Waals surface area contributed by atoms with Crippen LogP contribution in [0.4, 0.5) is 22.1 Å². The monoisotopic (exact) mass is 571 g/mol. The second-order valence-corrected chi connectivity index (χ2v) is 11.0. The van der Waals surface area contributed by atoms with Crippen LogP contribution in [0.3, 0.4) is 0 Å². The third kappa shape index (κ3) is 8.89. The van der Waals surface area contributed by atoms with Gasteiger partial charge >= 0.3 is 6.09 Å². The zero-order valence-electron chi connectivity index (χ0n) is 24.8. The Morgan fingerprint density at radius 2 is 1.71 bits per heavy atom. The molecule has 1 aromatic heterocycles. The number of piperazine rings is 1. The Kier molecular flexibility index (Phi) is 10.7. The topological polar surface area (TPSA) is 89.1 Å². The quantitative estimate of drug-likeness (QED) is 0.199.